The standard InChI is InChI=1S/C2H2O4.Ag.2H2N/c3-1(4)2(5)6;;;/h(H,3,4)(H,5,6);;2*1H2/q;+2;2*-1. The molecule has 0 heterocycles. The van der Waals surface area contributed by atoms with Crippen molar-refractivity contribution < 1.29 is 40.1 Å². The molecule has 0 aliphatic heterocycles. The van der Waals surface area contributed by atoms with Crippen LogP contribution >= 0.6 is 0 Å². The second-order valence-electron chi connectivity index (χ2n) is 0.711. The zero-order valence-electron chi connectivity index (χ0n) is 4.17. The van der Waals surface area contributed by atoms with Gasteiger partial charge in [-0.1, -0.05) is 0 Å². The van der Waals surface area contributed by atoms with E-state index in [0.717, 1.165) is 0 Å². The second-order valence-corrected chi connectivity index (χ2v) is 1.20. The zero-order valence-corrected chi connectivity index (χ0v) is 5.65. The molecule has 0 fully saturated rings. The molecule has 6 nitrogen and oxygen atoms in total. The van der Waals surface area contributed by atoms with Crippen molar-refractivity contribution in [3.63, 3.8) is 0 Å². The van der Waals surface area contributed by atoms with Gasteiger partial charge in [-0.2, -0.15) is 0 Å². The van der Waals surface area contributed by atoms with E-state index < -0.39 is 11.9 Å². The Kier molecular flexibility index (Phi) is 9.63. The molecule has 0 unspecified atom stereocenters. The zero-order chi connectivity index (χ0) is 7.86. The van der Waals surface area contributed by atoms with Crippen molar-refractivity contribution in [1.29, 1.82) is 0 Å². The Balaban J connectivity index is 0. The van der Waals surface area contributed by atoms with Crippen LogP contribution in [0.4, 0.5) is 0 Å². The van der Waals surface area contributed by atoms with Gasteiger partial charge in [0.1, 0.15) is 0 Å². The molecule has 0 saturated carbocycles. The fourth-order valence-electron chi connectivity index (χ4n) is 0. The van der Waals surface area contributed by atoms with Gasteiger partial charge in [0.25, 0.3) is 0 Å². The third kappa shape index (κ3) is 18.4. The summed E-state index contributed by atoms with van der Waals surface area (Å²) in [5, 5.41) is 14.8. The van der Waals surface area contributed by atoms with Crippen LogP contribution in [0.5, 0.6) is 0 Å². The molecular weight excluding hydrogens is 224 g/mol. The van der Waals surface area contributed by atoms with E-state index in [1.165, 1.54) is 0 Å². The van der Waals surface area contributed by atoms with Crippen LogP contribution in [0.1, 0.15) is 0 Å². The molecule has 0 spiro atoms. The monoisotopic (exact) mass is 229 g/mol. The van der Waals surface area contributed by atoms with Crippen LogP contribution in [0, 0.1) is 0 Å². The summed E-state index contributed by atoms with van der Waals surface area (Å²) in [5.41, 5.74) is 0. The van der Waals surface area contributed by atoms with E-state index >= 15 is 0 Å². The van der Waals surface area contributed by atoms with Gasteiger partial charge >= 0.3 is 40.5 Å². The average molecular weight is 230 g/mol. The van der Waals surface area contributed by atoms with Gasteiger partial charge < -0.3 is 10.2 Å². The van der Waals surface area contributed by atoms with E-state index in [-0.39, 0.29) is 20.3 Å². The van der Waals surface area contributed by atoms with Crippen molar-refractivity contribution in [1.82, 2.24) is 0 Å². The molecule has 6 N–H and O–H groups in total. The van der Waals surface area contributed by atoms with Crippen molar-refractivity contribution in [3.05, 3.63) is 0 Å². The maximum absolute atomic E-state index is 9.10. The molecule has 0 aromatic carbocycles. The topological polar surface area (TPSA) is 127 Å². The van der Waals surface area contributed by atoms with E-state index in [1.54, 1.807) is 0 Å². The summed E-state index contributed by atoms with van der Waals surface area (Å²) < 4.78 is 9.31. The van der Waals surface area contributed by atoms with Gasteiger partial charge in [-0.15, -0.1) is 0 Å². The summed E-state index contributed by atoms with van der Waals surface area (Å²) in [5.74, 6) is -3.65. The second kappa shape index (κ2) is 7.60. The van der Waals surface area contributed by atoms with Crippen molar-refractivity contribution in [2.45, 2.75) is 0 Å². The number of nitrogens with two attached hydrogens (primary N) is 2. The van der Waals surface area contributed by atoms with E-state index in [2.05, 4.69) is 8.27 Å². The molecule has 0 atom stereocenters. The molecule has 0 bridgehead atoms. The predicted octanol–water partition coefficient (Wildman–Crippen LogP) is -2.03. The summed E-state index contributed by atoms with van der Waals surface area (Å²) in [7, 11) is 0. The first-order chi connectivity index (χ1) is 4.06. The molecule has 9 heavy (non-hydrogen) atoms. The van der Waals surface area contributed by atoms with Gasteiger partial charge in [-0.05, 0) is 0 Å². The number of rotatable bonds is 0. The first-order valence-corrected chi connectivity index (χ1v) is 3.17. The molecule has 0 rings (SSSR count). The summed E-state index contributed by atoms with van der Waals surface area (Å²) in [6.45, 7) is 0. The molecule has 7 heteroatoms. The normalized spacial score (nSPS) is 7.33. The van der Waals surface area contributed by atoms with Crippen LogP contribution in [0.3, 0.4) is 0 Å². The van der Waals surface area contributed by atoms with Gasteiger partial charge in [0.2, 0.25) is 0 Å². The Morgan fingerprint density at radius 3 is 1.22 bits per heavy atom. The number of hydrogen-bond donors (Lipinski definition) is 4. The molecule has 0 aromatic rings. The molecule has 0 aliphatic carbocycles. The molecule has 0 saturated heterocycles. The molecule has 0 aliphatic rings. The fourth-order valence-corrected chi connectivity index (χ4v) is 0. The third-order valence-corrected chi connectivity index (χ3v) is 0.183. The Hall–Kier alpha value is -0.400. The van der Waals surface area contributed by atoms with E-state index in [9.17, 15) is 0 Å². The number of hydrogen-bond acceptors (Lipinski definition) is 4. The van der Waals surface area contributed by atoms with Crippen molar-refractivity contribution in [2.75, 3.05) is 0 Å². The summed E-state index contributed by atoms with van der Waals surface area (Å²) >= 11 is 0.0700. The van der Waals surface area contributed by atoms with Crippen molar-refractivity contribution in [3.8, 4) is 0 Å². The number of aliphatic carboxylic acids is 2. The fraction of sp³-hybridized carbons (Fsp3) is 0. The van der Waals surface area contributed by atoms with E-state index in [0.29, 0.717) is 0 Å². The van der Waals surface area contributed by atoms with Crippen LogP contribution in [-0.4, -0.2) is 22.2 Å². The quantitative estimate of drug-likeness (QED) is 0.281. The number of carboxylic acids is 2. The SMILES string of the molecule is O=C(O)C(=O)O.[NH2][Ag][NH2]. The Bertz CT molecular complexity index is 92.7. The van der Waals surface area contributed by atoms with Gasteiger partial charge in [0, 0.05) is 0 Å². The van der Waals surface area contributed by atoms with Crippen molar-refractivity contribution >= 4 is 11.9 Å². The van der Waals surface area contributed by atoms with Crippen LogP contribution in [-0.2, 0) is 29.9 Å². The molecule has 0 aromatic heterocycles. The number of carboxylic acid groups (broad SMARTS) is 2. The van der Waals surface area contributed by atoms with E-state index in [1.807, 2.05) is 0 Å². The third-order valence-electron chi connectivity index (χ3n) is 0.183. The summed E-state index contributed by atoms with van der Waals surface area (Å²) in [4.78, 5) is 18.2. The van der Waals surface area contributed by atoms with Crippen molar-refractivity contribution in [2.24, 2.45) is 8.27 Å². The van der Waals surface area contributed by atoms with Crippen LogP contribution < -0.4 is 8.27 Å². The molecule has 59 valence electrons. The number of carbonyl (C=O) groups is 2. The Labute approximate surface area is 60.8 Å². The predicted molar refractivity (Wildman–Crippen MR) is 23.6 cm³/mol. The van der Waals surface area contributed by atoms with Gasteiger partial charge in [0.15, 0.2) is 0 Å². The molecular formula is C2H6AgN2O4. The first-order valence-electron chi connectivity index (χ1n) is 1.45. The van der Waals surface area contributed by atoms with E-state index in [4.69, 9.17) is 19.8 Å². The van der Waals surface area contributed by atoms with Gasteiger partial charge in [0.05, 0.1) is 0 Å². The molecule has 0 amide bonds. The first kappa shape index (κ1) is 11.4. The van der Waals surface area contributed by atoms with Crippen LogP contribution in [0.2, 0.25) is 0 Å². The average Bonchev–Trinajstić information content (AvgIpc) is 1.68. The van der Waals surface area contributed by atoms with Crippen LogP contribution in [0.25, 0.3) is 0 Å². The molecule has 0 radical (unpaired) electrons. The van der Waals surface area contributed by atoms with Crippen LogP contribution in [0.15, 0.2) is 0 Å². The minimum atomic E-state index is -1.82. The Morgan fingerprint density at radius 2 is 1.22 bits per heavy atom. The summed E-state index contributed by atoms with van der Waals surface area (Å²) in [6, 6.07) is 0. The maximum atomic E-state index is 9.10. The van der Waals surface area contributed by atoms with Gasteiger partial charge in [-0.25, -0.2) is 9.59 Å². The minimum absolute atomic E-state index is 0.0700. The Morgan fingerprint density at radius 1 is 1.11 bits per heavy atom. The summed E-state index contributed by atoms with van der Waals surface area (Å²) in [6.07, 6.45) is 0. The van der Waals surface area contributed by atoms with Gasteiger partial charge in [-0.3, -0.25) is 0 Å².